The fraction of sp³-hybridized carbons (Fsp3) is 0.625. The zero-order valence-corrected chi connectivity index (χ0v) is 13.2. The van der Waals surface area contributed by atoms with E-state index >= 15 is 0 Å². The molecule has 0 bridgehead atoms. The van der Waals surface area contributed by atoms with Crippen molar-refractivity contribution in [2.45, 2.75) is 40.3 Å². The maximum atomic E-state index is 5.95. The minimum atomic E-state index is 0.0533. The molecule has 0 aromatic heterocycles. The van der Waals surface area contributed by atoms with Crippen molar-refractivity contribution in [3.05, 3.63) is 29.3 Å². The van der Waals surface area contributed by atoms with E-state index in [1.165, 1.54) is 5.56 Å². The summed E-state index contributed by atoms with van der Waals surface area (Å²) in [7, 11) is 3.86. The molecule has 3 heteroatoms. The van der Waals surface area contributed by atoms with E-state index in [2.05, 4.69) is 38.8 Å². The lowest BCUT2D eigenvalue weighted by Gasteiger charge is -2.27. The maximum absolute atomic E-state index is 5.95. The molecule has 1 unspecified atom stereocenters. The number of hydrogen-bond acceptors (Lipinski definition) is 3. The van der Waals surface area contributed by atoms with Crippen molar-refractivity contribution in [2.75, 3.05) is 20.7 Å². The molecule has 1 aromatic carbocycles. The topological polar surface area (TPSA) is 38.5 Å². The third-order valence-corrected chi connectivity index (χ3v) is 3.01. The lowest BCUT2D eigenvalue weighted by Crippen LogP contribution is -2.29. The van der Waals surface area contributed by atoms with Gasteiger partial charge in [-0.2, -0.15) is 0 Å². The summed E-state index contributed by atoms with van der Waals surface area (Å²) in [6, 6.07) is 6.26. The molecular formula is C16H28N2O. The average molecular weight is 264 g/mol. The molecule has 0 saturated heterocycles. The molecular weight excluding hydrogens is 236 g/mol. The van der Waals surface area contributed by atoms with Crippen LogP contribution in [0.5, 0.6) is 5.75 Å². The average Bonchev–Trinajstić information content (AvgIpc) is 2.26. The van der Waals surface area contributed by atoms with E-state index in [0.29, 0.717) is 5.41 Å². The number of nitrogens with zero attached hydrogens (tertiary/aromatic N) is 1. The Morgan fingerprint density at radius 3 is 2.42 bits per heavy atom. The first-order valence-corrected chi connectivity index (χ1v) is 6.84. The molecule has 0 heterocycles. The molecule has 0 saturated carbocycles. The van der Waals surface area contributed by atoms with Gasteiger partial charge in [-0.05, 0) is 37.1 Å². The molecule has 0 radical (unpaired) electrons. The van der Waals surface area contributed by atoms with Gasteiger partial charge in [0.05, 0.1) is 7.11 Å². The summed E-state index contributed by atoms with van der Waals surface area (Å²) in [5.41, 5.74) is 8.60. The molecule has 1 aromatic rings. The summed E-state index contributed by atoms with van der Waals surface area (Å²) >= 11 is 0. The second kappa shape index (κ2) is 6.40. The second-order valence-electron chi connectivity index (χ2n) is 6.59. The molecule has 0 aliphatic carbocycles. The Balaban J connectivity index is 2.88. The Bertz CT molecular complexity index is 408. The number of nitrogens with two attached hydrogens (primary N) is 1. The van der Waals surface area contributed by atoms with Crippen LogP contribution >= 0.6 is 0 Å². The van der Waals surface area contributed by atoms with E-state index in [9.17, 15) is 0 Å². The molecule has 3 nitrogen and oxygen atoms in total. The predicted octanol–water partition coefficient (Wildman–Crippen LogP) is 3.19. The van der Waals surface area contributed by atoms with Crippen LogP contribution in [0.25, 0.3) is 0 Å². The van der Waals surface area contributed by atoms with Gasteiger partial charge < -0.3 is 15.4 Å². The van der Waals surface area contributed by atoms with Crippen LogP contribution in [0.1, 0.15) is 44.9 Å². The van der Waals surface area contributed by atoms with Crippen LogP contribution in [-0.2, 0) is 6.54 Å². The molecule has 0 aliphatic rings. The van der Waals surface area contributed by atoms with Gasteiger partial charge in [0.2, 0.25) is 0 Å². The Morgan fingerprint density at radius 1 is 1.32 bits per heavy atom. The third-order valence-electron chi connectivity index (χ3n) is 3.01. The standard InChI is InChI=1S/C16H28N2O/c1-12(17)13-7-8-15(19-6)14(9-13)10-18(5)11-16(2,3)4/h7-9,12H,10-11,17H2,1-6H3. The van der Waals surface area contributed by atoms with E-state index in [1.807, 2.05) is 19.1 Å². The highest BCUT2D eigenvalue weighted by atomic mass is 16.5. The first-order valence-electron chi connectivity index (χ1n) is 6.84. The molecule has 0 aliphatic heterocycles. The van der Waals surface area contributed by atoms with Crippen molar-refractivity contribution in [1.82, 2.24) is 4.90 Å². The number of benzene rings is 1. The normalized spacial score (nSPS) is 13.7. The largest absolute Gasteiger partial charge is 0.496 e. The van der Waals surface area contributed by atoms with E-state index in [0.717, 1.165) is 24.4 Å². The molecule has 108 valence electrons. The molecule has 19 heavy (non-hydrogen) atoms. The fourth-order valence-electron chi connectivity index (χ4n) is 2.36. The fourth-order valence-corrected chi connectivity index (χ4v) is 2.36. The molecule has 1 atom stereocenters. The summed E-state index contributed by atoms with van der Waals surface area (Å²) in [4.78, 5) is 2.32. The lowest BCUT2D eigenvalue weighted by atomic mass is 9.96. The minimum absolute atomic E-state index is 0.0533. The van der Waals surface area contributed by atoms with Crippen molar-refractivity contribution in [3.63, 3.8) is 0 Å². The molecule has 0 fully saturated rings. The monoisotopic (exact) mass is 264 g/mol. The van der Waals surface area contributed by atoms with Crippen LogP contribution in [0.3, 0.4) is 0 Å². The maximum Gasteiger partial charge on any atom is 0.123 e. The number of rotatable bonds is 5. The zero-order valence-electron chi connectivity index (χ0n) is 13.2. The van der Waals surface area contributed by atoms with Crippen LogP contribution < -0.4 is 10.5 Å². The van der Waals surface area contributed by atoms with Crippen LogP contribution in [0.2, 0.25) is 0 Å². The van der Waals surface area contributed by atoms with Crippen molar-refractivity contribution in [2.24, 2.45) is 11.1 Å². The van der Waals surface area contributed by atoms with E-state index < -0.39 is 0 Å². The molecule has 1 rings (SSSR count). The van der Waals surface area contributed by atoms with Crippen LogP contribution in [0, 0.1) is 5.41 Å². The van der Waals surface area contributed by atoms with Crippen molar-refractivity contribution >= 4 is 0 Å². The highest BCUT2D eigenvalue weighted by Gasteiger charge is 2.15. The second-order valence-corrected chi connectivity index (χ2v) is 6.59. The summed E-state index contributed by atoms with van der Waals surface area (Å²) in [6.45, 7) is 10.7. The Morgan fingerprint density at radius 2 is 1.95 bits per heavy atom. The number of hydrogen-bond donors (Lipinski definition) is 1. The summed E-state index contributed by atoms with van der Waals surface area (Å²) in [6.07, 6.45) is 0. The van der Waals surface area contributed by atoms with Gasteiger partial charge in [-0.15, -0.1) is 0 Å². The van der Waals surface area contributed by atoms with Gasteiger partial charge in [0.15, 0.2) is 0 Å². The first-order chi connectivity index (χ1) is 8.73. The number of ether oxygens (including phenoxy) is 1. The van der Waals surface area contributed by atoms with E-state index in [1.54, 1.807) is 7.11 Å². The zero-order chi connectivity index (χ0) is 14.6. The van der Waals surface area contributed by atoms with Crippen molar-refractivity contribution in [3.8, 4) is 5.75 Å². The summed E-state index contributed by atoms with van der Waals surface area (Å²) in [5, 5.41) is 0. The molecule has 2 N–H and O–H groups in total. The smallest absolute Gasteiger partial charge is 0.123 e. The molecule has 0 amide bonds. The van der Waals surface area contributed by atoms with Crippen LogP contribution in [0.4, 0.5) is 0 Å². The van der Waals surface area contributed by atoms with Crippen LogP contribution in [-0.4, -0.2) is 25.6 Å². The third kappa shape index (κ3) is 5.21. The number of methoxy groups -OCH3 is 1. The van der Waals surface area contributed by atoms with E-state index in [-0.39, 0.29) is 6.04 Å². The molecule has 0 spiro atoms. The van der Waals surface area contributed by atoms with Gasteiger partial charge in [-0.3, -0.25) is 0 Å². The SMILES string of the molecule is COc1ccc(C(C)N)cc1CN(C)CC(C)(C)C. The van der Waals surface area contributed by atoms with Crippen LogP contribution in [0.15, 0.2) is 18.2 Å². The Hall–Kier alpha value is -1.06. The van der Waals surface area contributed by atoms with Gasteiger partial charge in [0.1, 0.15) is 5.75 Å². The Labute approximate surface area is 117 Å². The van der Waals surface area contributed by atoms with E-state index in [4.69, 9.17) is 10.5 Å². The lowest BCUT2D eigenvalue weighted by molar-refractivity contribution is 0.218. The van der Waals surface area contributed by atoms with Crippen molar-refractivity contribution in [1.29, 1.82) is 0 Å². The highest BCUT2D eigenvalue weighted by Crippen LogP contribution is 2.25. The van der Waals surface area contributed by atoms with Gasteiger partial charge in [0, 0.05) is 24.7 Å². The van der Waals surface area contributed by atoms with Gasteiger partial charge in [-0.25, -0.2) is 0 Å². The summed E-state index contributed by atoms with van der Waals surface area (Å²) < 4.78 is 5.44. The van der Waals surface area contributed by atoms with Gasteiger partial charge >= 0.3 is 0 Å². The predicted molar refractivity (Wildman–Crippen MR) is 81.4 cm³/mol. The van der Waals surface area contributed by atoms with Gasteiger partial charge in [0.25, 0.3) is 0 Å². The highest BCUT2D eigenvalue weighted by molar-refractivity contribution is 5.38. The minimum Gasteiger partial charge on any atom is -0.496 e. The van der Waals surface area contributed by atoms with Crippen molar-refractivity contribution < 1.29 is 4.74 Å². The first kappa shape index (κ1) is 16.0. The summed E-state index contributed by atoms with van der Waals surface area (Å²) in [5.74, 6) is 0.935. The van der Waals surface area contributed by atoms with Gasteiger partial charge in [-0.1, -0.05) is 26.8 Å². The quantitative estimate of drug-likeness (QED) is 0.887. The Kier molecular flexibility index (Phi) is 5.39.